The van der Waals surface area contributed by atoms with Crippen LogP contribution in [0, 0.1) is 5.92 Å². The van der Waals surface area contributed by atoms with Crippen LogP contribution in [0.25, 0.3) is 0 Å². The lowest BCUT2D eigenvalue weighted by Crippen LogP contribution is -2.58. The third-order valence-corrected chi connectivity index (χ3v) is 2.82. The number of aldehydes is 1. The third kappa shape index (κ3) is 1.92. The molecular weight excluding hydrogens is 166 g/mol. The summed E-state index contributed by atoms with van der Waals surface area (Å²) in [5.41, 5.74) is -0.819. The molecule has 0 aromatic heterocycles. The maximum Gasteiger partial charge on any atom is 0.123 e. The lowest BCUT2D eigenvalue weighted by atomic mass is 9.76. The molecule has 1 saturated heterocycles. The molecule has 3 heteroatoms. The van der Waals surface area contributed by atoms with Gasteiger partial charge in [0.1, 0.15) is 6.29 Å². The highest BCUT2D eigenvalue weighted by molar-refractivity contribution is 5.54. The average molecular weight is 184 g/mol. The molecule has 0 unspecified atom stereocenters. The van der Waals surface area contributed by atoms with E-state index in [1.54, 1.807) is 0 Å². The third-order valence-electron chi connectivity index (χ3n) is 2.82. The normalized spacial score (nSPS) is 28.7. The van der Waals surface area contributed by atoms with Crippen LogP contribution in [-0.4, -0.2) is 22.4 Å². The van der Waals surface area contributed by atoms with Crippen molar-refractivity contribution in [1.82, 2.24) is 5.06 Å². The van der Waals surface area contributed by atoms with Crippen LogP contribution < -0.4 is 0 Å². The maximum absolute atomic E-state index is 11.8. The predicted octanol–water partition coefficient (Wildman–Crippen LogP) is 1.80. The second-order valence-electron chi connectivity index (χ2n) is 5.22. The molecule has 0 N–H and O–H groups in total. The van der Waals surface area contributed by atoms with Crippen molar-refractivity contribution in [1.29, 1.82) is 0 Å². The highest BCUT2D eigenvalue weighted by atomic mass is 16.5. The minimum Gasteiger partial charge on any atom is -0.303 e. The van der Waals surface area contributed by atoms with Gasteiger partial charge in [0, 0.05) is 17.0 Å². The molecule has 0 atom stereocenters. The number of piperidine rings is 1. The van der Waals surface area contributed by atoms with Crippen molar-refractivity contribution in [2.75, 3.05) is 0 Å². The van der Waals surface area contributed by atoms with Crippen LogP contribution in [0.5, 0.6) is 0 Å². The molecule has 0 saturated carbocycles. The van der Waals surface area contributed by atoms with Gasteiger partial charge in [-0.3, -0.25) is 0 Å². The molecule has 0 bridgehead atoms. The average Bonchev–Trinajstić information content (AvgIpc) is 1.99. The van der Waals surface area contributed by atoms with E-state index >= 15 is 0 Å². The Morgan fingerprint density at radius 2 is 1.54 bits per heavy atom. The van der Waals surface area contributed by atoms with E-state index in [1.165, 1.54) is 0 Å². The van der Waals surface area contributed by atoms with E-state index in [0.29, 0.717) is 12.8 Å². The molecule has 0 aromatic rings. The van der Waals surface area contributed by atoms with Crippen LogP contribution in [0.2, 0.25) is 0 Å². The summed E-state index contributed by atoms with van der Waals surface area (Å²) in [6, 6.07) is 0. The molecule has 3 nitrogen and oxygen atoms in total. The molecule has 0 aliphatic carbocycles. The highest BCUT2D eigenvalue weighted by Gasteiger charge is 2.45. The van der Waals surface area contributed by atoms with Gasteiger partial charge in [0.2, 0.25) is 0 Å². The van der Waals surface area contributed by atoms with Crippen molar-refractivity contribution < 1.29 is 10.0 Å². The fraction of sp³-hybridized carbons (Fsp3) is 0.900. The van der Waals surface area contributed by atoms with Crippen molar-refractivity contribution in [2.45, 2.75) is 51.6 Å². The van der Waals surface area contributed by atoms with E-state index in [-0.39, 0.29) is 5.92 Å². The molecule has 0 amide bonds. The Balaban J connectivity index is 2.88. The number of hydroxylamine groups is 2. The van der Waals surface area contributed by atoms with Gasteiger partial charge in [-0.05, 0) is 40.5 Å². The summed E-state index contributed by atoms with van der Waals surface area (Å²) in [5, 5.41) is 13.0. The van der Waals surface area contributed by atoms with Gasteiger partial charge in [0.25, 0.3) is 0 Å². The van der Waals surface area contributed by atoms with Crippen LogP contribution in [0.3, 0.4) is 0 Å². The van der Waals surface area contributed by atoms with Crippen LogP contribution in [0.15, 0.2) is 0 Å². The van der Waals surface area contributed by atoms with Gasteiger partial charge in [0.05, 0.1) is 0 Å². The fourth-order valence-corrected chi connectivity index (χ4v) is 2.44. The SMILES string of the molecule is CC1(C)CC(C=O)CC(C)(C)N1[O]. The largest absolute Gasteiger partial charge is 0.303 e. The first-order chi connectivity index (χ1) is 5.79. The number of hydrogen-bond acceptors (Lipinski definition) is 2. The zero-order valence-electron chi connectivity index (χ0n) is 8.83. The molecule has 0 aromatic carbocycles. The first kappa shape index (κ1) is 10.7. The van der Waals surface area contributed by atoms with Crippen LogP contribution in [0.1, 0.15) is 40.5 Å². The highest BCUT2D eigenvalue weighted by Crippen LogP contribution is 2.39. The Morgan fingerprint density at radius 1 is 1.15 bits per heavy atom. The minimum absolute atomic E-state index is 0.0372. The van der Waals surface area contributed by atoms with E-state index in [9.17, 15) is 10.0 Å². The fourth-order valence-electron chi connectivity index (χ4n) is 2.44. The Labute approximate surface area is 79.7 Å². The lowest BCUT2D eigenvalue weighted by molar-refractivity contribution is -0.291. The lowest BCUT2D eigenvalue weighted by Gasteiger charge is -2.48. The summed E-state index contributed by atoms with van der Waals surface area (Å²) < 4.78 is 0. The van der Waals surface area contributed by atoms with Crippen LogP contribution in [0.4, 0.5) is 0 Å². The van der Waals surface area contributed by atoms with Gasteiger partial charge in [-0.15, -0.1) is 10.3 Å². The van der Waals surface area contributed by atoms with E-state index in [4.69, 9.17) is 0 Å². The summed E-state index contributed by atoms with van der Waals surface area (Å²) in [6.07, 6.45) is 2.32. The molecule has 1 rings (SSSR count). The molecule has 75 valence electrons. The number of nitrogens with zero attached hydrogens (tertiary/aromatic N) is 1. The Hall–Kier alpha value is -0.410. The van der Waals surface area contributed by atoms with Crippen molar-refractivity contribution in [3.8, 4) is 0 Å². The number of hydrogen-bond donors (Lipinski definition) is 0. The minimum atomic E-state index is -0.409. The van der Waals surface area contributed by atoms with E-state index in [0.717, 1.165) is 11.3 Å². The van der Waals surface area contributed by atoms with Gasteiger partial charge in [-0.1, -0.05) is 0 Å². The summed E-state index contributed by atoms with van der Waals surface area (Å²) in [6.45, 7) is 7.60. The van der Waals surface area contributed by atoms with Crippen LogP contribution in [-0.2, 0) is 10.0 Å². The quantitative estimate of drug-likeness (QED) is 0.583. The zero-order chi connectivity index (χ0) is 10.3. The molecule has 1 heterocycles. The summed E-state index contributed by atoms with van der Waals surface area (Å²) >= 11 is 0. The summed E-state index contributed by atoms with van der Waals surface area (Å²) in [4.78, 5) is 10.7. The molecule has 1 radical (unpaired) electrons. The van der Waals surface area contributed by atoms with Gasteiger partial charge >= 0.3 is 0 Å². The van der Waals surface area contributed by atoms with Gasteiger partial charge in [-0.2, -0.15) is 0 Å². The molecular formula is C10H18NO2. The van der Waals surface area contributed by atoms with Crippen molar-refractivity contribution >= 4 is 6.29 Å². The van der Waals surface area contributed by atoms with E-state index in [2.05, 4.69) is 0 Å². The van der Waals surface area contributed by atoms with Crippen LogP contribution >= 0.6 is 0 Å². The molecule has 0 spiro atoms. The van der Waals surface area contributed by atoms with Crippen molar-refractivity contribution in [2.24, 2.45) is 5.92 Å². The summed E-state index contributed by atoms with van der Waals surface area (Å²) in [7, 11) is 0. The molecule has 1 fully saturated rings. The molecule has 13 heavy (non-hydrogen) atoms. The topological polar surface area (TPSA) is 40.2 Å². The number of carbonyl (C=O) groups excluding carboxylic acids is 1. The molecule has 1 aliphatic heterocycles. The van der Waals surface area contributed by atoms with Gasteiger partial charge < -0.3 is 4.79 Å². The standard InChI is InChI=1S/C10H18NO2/c1-9(2)5-8(7-12)6-10(3,4)11(9)13/h7-8H,5-6H2,1-4H3. The Morgan fingerprint density at radius 3 is 1.85 bits per heavy atom. The van der Waals surface area contributed by atoms with Gasteiger partial charge in [-0.25, -0.2) is 0 Å². The van der Waals surface area contributed by atoms with Crippen molar-refractivity contribution in [3.05, 3.63) is 0 Å². The summed E-state index contributed by atoms with van der Waals surface area (Å²) in [5.74, 6) is 0.0372. The van der Waals surface area contributed by atoms with Crippen molar-refractivity contribution in [3.63, 3.8) is 0 Å². The number of carbonyl (C=O) groups is 1. The zero-order valence-corrected chi connectivity index (χ0v) is 8.83. The first-order valence-electron chi connectivity index (χ1n) is 4.72. The number of rotatable bonds is 1. The van der Waals surface area contributed by atoms with E-state index in [1.807, 2.05) is 27.7 Å². The predicted molar refractivity (Wildman–Crippen MR) is 49.5 cm³/mol. The second kappa shape index (κ2) is 3.07. The Bertz CT molecular complexity index is 193. The monoisotopic (exact) mass is 184 g/mol. The maximum atomic E-state index is 11.8. The Kier molecular flexibility index (Phi) is 2.52. The molecule has 1 aliphatic rings. The van der Waals surface area contributed by atoms with E-state index < -0.39 is 11.1 Å². The first-order valence-corrected chi connectivity index (χ1v) is 4.72. The second-order valence-corrected chi connectivity index (χ2v) is 5.22. The smallest absolute Gasteiger partial charge is 0.123 e. The van der Waals surface area contributed by atoms with Gasteiger partial charge in [0.15, 0.2) is 0 Å².